The third kappa shape index (κ3) is 5.93. The number of unbranched alkanes of at least 4 members (excludes halogenated alkanes) is 1. The van der Waals surface area contributed by atoms with Crippen LogP contribution in [0, 0.1) is 5.92 Å². The topological polar surface area (TPSA) is 130 Å². The van der Waals surface area contributed by atoms with Crippen molar-refractivity contribution in [2.75, 3.05) is 50.2 Å². The van der Waals surface area contributed by atoms with Crippen LogP contribution in [0.2, 0.25) is 0 Å². The Balaban J connectivity index is 1.43. The van der Waals surface area contributed by atoms with Crippen molar-refractivity contribution in [3.8, 4) is 11.5 Å². The number of fused-ring (bicyclic) bond motifs is 1. The number of likely N-dealkylation sites (tertiary alicyclic amines) is 1. The molecule has 0 radical (unpaired) electrons. The van der Waals surface area contributed by atoms with Crippen LogP contribution in [0.1, 0.15) is 44.1 Å². The Hall–Kier alpha value is -3.22. The second-order valence-electron chi connectivity index (χ2n) is 10.5. The minimum atomic E-state index is -3.33. The normalized spacial score (nSPS) is 23.9. The molecule has 1 amide bonds. The van der Waals surface area contributed by atoms with E-state index in [-0.39, 0.29) is 31.5 Å². The van der Waals surface area contributed by atoms with E-state index in [1.165, 1.54) is 4.31 Å². The maximum Gasteiger partial charge on any atom is 0.308 e. The van der Waals surface area contributed by atoms with E-state index in [4.69, 9.17) is 9.47 Å². The lowest BCUT2D eigenvalue weighted by Crippen LogP contribution is -2.45. The summed E-state index contributed by atoms with van der Waals surface area (Å²) < 4.78 is 37.4. The zero-order valence-electron chi connectivity index (χ0n) is 22.6. The first-order valence-electron chi connectivity index (χ1n) is 13.8. The number of pyridine rings is 1. The number of carbonyl (C=O) groups excluding carboxylic acids is 1. The van der Waals surface area contributed by atoms with Crippen LogP contribution in [0.4, 0.5) is 5.69 Å². The lowest BCUT2D eigenvalue weighted by Gasteiger charge is -2.30. The lowest BCUT2D eigenvalue weighted by molar-refractivity contribution is -0.143. The van der Waals surface area contributed by atoms with Gasteiger partial charge < -0.3 is 19.5 Å². The maximum absolute atomic E-state index is 13.8. The van der Waals surface area contributed by atoms with E-state index in [2.05, 4.69) is 11.9 Å². The first kappa shape index (κ1) is 28.3. The SMILES string of the molecule is CCCCN(C(=O)CN1CC(c2ccc3c(c2)OCO3)C(C(=O)O)C1CCN1CCCS1(=O)=O)c1cccnc1. The molecule has 0 spiro atoms. The highest BCUT2D eigenvalue weighted by Gasteiger charge is 2.48. The number of hydrogen-bond acceptors (Lipinski definition) is 8. The van der Waals surface area contributed by atoms with Crippen LogP contribution < -0.4 is 14.4 Å². The van der Waals surface area contributed by atoms with E-state index in [9.17, 15) is 23.1 Å². The molecule has 2 saturated heterocycles. The molecule has 3 atom stereocenters. The van der Waals surface area contributed by atoms with Crippen molar-refractivity contribution in [1.29, 1.82) is 0 Å². The molecule has 2 aromatic rings. The number of carbonyl (C=O) groups is 2. The van der Waals surface area contributed by atoms with E-state index >= 15 is 0 Å². The second-order valence-corrected chi connectivity index (χ2v) is 12.6. The van der Waals surface area contributed by atoms with Crippen LogP contribution in [0.3, 0.4) is 0 Å². The summed E-state index contributed by atoms with van der Waals surface area (Å²) in [5.41, 5.74) is 1.49. The Morgan fingerprint density at radius 2 is 2.02 bits per heavy atom. The van der Waals surface area contributed by atoms with E-state index in [0.717, 1.165) is 18.4 Å². The minimum absolute atomic E-state index is 0.0147. The second kappa shape index (κ2) is 12.1. The Labute approximate surface area is 234 Å². The molecule has 3 aliphatic heterocycles. The molecule has 12 heteroatoms. The summed E-state index contributed by atoms with van der Waals surface area (Å²) in [5, 5.41) is 10.4. The number of carboxylic acids is 1. The highest BCUT2D eigenvalue weighted by Crippen LogP contribution is 2.43. The van der Waals surface area contributed by atoms with E-state index < -0.39 is 33.9 Å². The van der Waals surface area contributed by atoms with Gasteiger partial charge in [0.05, 0.1) is 30.1 Å². The Morgan fingerprint density at radius 1 is 1.20 bits per heavy atom. The Kier molecular flexibility index (Phi) is 8.57. The summed E-state index contributed by atoms with van der Waals surface area (Å²) >= 11 is 0. The smallest absolute Gasteiger partial charge is 0.308 e. The molecule has 0 bridgehead atoms. The molecular formula is C28H36N4O7S. The van der Waals surface area contributed by atoms with Crippen molar-refractivity contribution in [3.05, 3.63) is 48.3 Å². The molecule has 3 unspecified atom stereocenters. The fraction of sp³-hybridized carbons (Fsp3) is 0.536. The fourth-order valence-corrected chi connectivity index (χ4v) is 7.58. The van der Waals surface area contributed by atoms with Gasteiger partial charge in [0.1, 0.15) is 0 Å². The molecule has 0 saturated carbocycles. The van der Waals surface area contributed by atoms with Gasteiger partial charge in [0.2, 0.25) is 22.7 Å². The predicted octanol–water partition coefficient (Wildman–Crippen LogP) is 2.54. The van der Waals surface area contributed by atoms with Gasteiger partial charge in [-0.15, -0.1) is 0 Å². The number of aromatic nitrogens is 1. The van der Waals surface area contributed by atoms with Crippen LogP contribution in [0.25, 0.3) is 0 Å². The first-order chi connectivity index (χ1) is 19.3. The van der Waals surface area contributed by atoms with Crippen LogP contribution in [0.5, 0.6) is 11.5 Å². The summed E-state index contributed by atoms with van der Waals surface area (Å²) in [7, 11) is -3.33. The number of rotatable bonds is 11. The molecule has 3 aliphatic rings. The first-order valence-corrected chi connectivity index (χ1v) is 15.4. The third-order valence-corrected chi connectivity index (χ3v) is 10.0. The molecule has 11 nitrogen and oxygen atoms in total. The van der Waals surface area contributed by atoms with Gasteiger partial charge in [0, 0.05) is 44.3 Å². The number of nitrogens with zero attached hydrogens (tertiary/aromatic N) is 4. The summed E-state index contributed by atoms with van der Waals surface area (Å²) in [5.74, 6) is -1.07. The van der Waals surface area contributed by atoms with Gasteiger partial charge >= 0.3 is 5.97 Å². The van der Waals surface area contributed by atoms with Crippen LogP contribution >= 0.6 is 0 Å². The minimum Gasteiger partial charge on any atom is -0.481 e. The number of aliphatic carboxylic acids is 1. The Bertz CT molecular complexity index is 1320. The van der Waals surface area contributed by atoms with E-state index in [0.29, 0.717) is 49.7 Å². The van der Waals surface area contributed by atoms with Crippen molar-refractivity contribution in [1.82, 2.24) is 14.2 Å². The number of hydrogen-bond donors (Lipinski definition) is 1. The highest BCUT2D eigenvalue weighted by molar-refractivity contribution is 7.89. The van der Waals surface area contributed by atoms with Crippen molar-refractivity contribution in [2.24, 2.45) is 5.92 Å². The molecule has 5 rings (SSSR count). The number of carboxylic acid groups (broad SMARTS) is 1. The van der Waals surface area contributed by atoms with Crippen molar-refractivity contribution in [3.63, 3.8) is 0 Å². The van der Waals surface area contributed by atoms with Gasteiger partial charge in [-0.05, 0) is 49.1 Å². The van der Waals surface area contributed by atoms with Gasteiger partial charge in [-0.1, -0.05) is 19.4 Å². The summed E-state index contributed by atoms with van der Waals surface area (Å²) in [6, 6.07) is 8.55. The quantitative estimate of drug-likeness (QED) is 0.432. The number of sulfonamides is 1. The van der Waals surface area contributed by atoms with E-state index in [1.54, 1.807) is 29.4 Å². The van der Waals surface area contributed by atoms with Crippen molar-refractivity contribution in [2.45, 2.75) is 44.6 Å². The molecule has 216 valence electrons. The Morgan fingerprint density at radius 3 is 2.73 bits per heavy atom. The molecule has 4 heterocycles. The van der Waals surface area contributed by atoms with Gasteiger partial charge in [0.15, 0.2) is 11.5 Å². The standard InChI is InChI=1S/C28H36N4O7S/c1-2-3-12-32(21-6-4-10-29-16-21)26(33)18-30-17-22(20-7-8-24-25(15-20)39-19-38-24)27(28(34)35)23(30)9-13-31-11-5-14-40(31,36)37/h4,6-8,10,15-16,22-23,27H,2-3,5,9,11-14,17-19H2,1H3,(H,34,35). The van der Waals surface area contributed by atoms with Gasteiger partial charge in [-0.25, -0.2) is 12.7 Å². The summed E-state index contributed by atoms with van der Waals surface area (Å²) in [6.07, 6.45) is 5.91. The number of ether oxygens (including phenoxy) is 2. The van der Waals surface area contributed by atoms with Crippen LogP contribution in [-0.4, -0.2) is 90.9 Å². The molecule has 1 N–H and O–H groups in total. The molecule has 1 aromatic heterocycles. The van der Waals surface area contributed by atoms with Gasteiger partial charge in [-0.3, -0.25) is 19.5 Å². The molecule has 1 aromatic carbocycles. The van der Waals surface area contributed by atoms with Crippen molar-refractivity contribution < 1.29 is 32.6 Å². The predicted molar refractivity (Wildman–Crippen MR) is 148 cm³/mol. The number of amides is 1. The average molecular weight is 573 g/mol. The van der Waals surface area contributed by atoms with Crippen molar-refractivity contribution >= 4 is 27.6 Å². The van der Waals surface area contributed by atoms with Gasteiger partial charge in [0.25, 0.3) is 0 Å². The number of anilines is 1. The zero-order valence-corrected chi connectivity index (χ0v) is 23.5. The maximum atomic E-state index is 13.8. The molecule has 2 fully saturated rings. The largest absolute Gasteiger partial charge is 0.481 e. The van der Waals surface area contributed by atoms with E-state index in [1.807, 2.05) is 23.1 Å². The van der Waals surface area contributed by atoms with Gasteiger partial charge in [-0.2, -0.15) is 0 Å². The third-order valence-electron chi connectivity index (χ3n) is 8.07. The van der Waals surface area contributed by atoms with Crippen LogP contribution in [-0.2, 0) is 19.6 Å². The highest BCUT2D eigenvalue weighted by atomic mass is 32.2. The monoisotopic (exact) mass is 572 g/mol. The lowest BCUT2D eigenvalue weighted by atomic mass is 9.84. The summed E-state index contributed by atoms with van der Waals surface area (Å²) in [4.78, 5) is 34.3. The fourth-order valence-electron chi connectivity index (χ4n) is 6.04. The number of benzene rings is 1. The zero-order chi connectivity index (χ0) is 28.3. The summed E-state index contributed by atoms with van der Waals surface area (Å²) in [6.45, 7) is 3.71. The molecule has 40 heavy (non-hydrogen) atoms. The molecular weight excluding hydrogens is 536 g/mol. The van der Waals surface area contributed by atoms with Crippen LogP contribution in [0.15, 0.2) is 42.7 Å². The molecule has 0 aliphatic carbocycles. The average Bonchev–Trinajstić information content (AvgIpc) is 3.64.